The molecule has 35 heavy (non-hydrogen) atoms. The molecular weight excluding hydrogens is 442 g/mol. The fraction of sp³-hybridized carbons (Fsp3) is 0.607. The molecule has 0 saturated carbocycles. The molecule has 2 rings (SSSR count). The van der Waals surface area contributed by atoms with Crippen LogP contribution in [0.3, 0.4) is 0 Å². The normalized spacial score (nSPS) is 21.3. The van der Waals surface area contributed by atoms with Crippen molar-refractivity contribution in [3.05, 3.63) is 47.5 Å². The van der Waals surface area contributed by atoms with Crippen LogP contribution in [0.15, 0.2) is 42.0 Å². The van der Waals surface area contributed by atoms with Gasteiger partial charge in [-0.05, 0) is 56.2 Å². The van der Waals surface area contributed by atoms with Crippen LogP contribution in [0.1, 0.15) is 65.9 Å². The molecule has 194 valence electrons. The Morgan fingerprint density at radius 2 is 1.77 bits per heavy atom. The highest BCUT2D eigenvalue weighted by Crippen LogP contribution is 2.31. The second-order valence-corrected chi connectivity index (χ2v) is 11.3. The van der Waals surface area contributed by atoms with Crippen LogP contribution in [-0.4, -0.2) is 71.5 Å². The molecule has 1 aliphatic rings. The van der Waals surface area contributed by atoms with Crippen LogP contribution in [0.5, 0.6) is 0 Å². The number of nitrogens with zero attached hydrogens (tertiary/aromatic N) is 2. The molecule has 7 heteroatoms. The van der Waals surface area contributed by atoms with Gasteiger partial charge in [-0.15, -0.1) is 0 Å². The molecular formula is C28H43N3O4. The van der Waals surface area contributed by atoms with Gasteiger partial charge in [-0.2, -0.15) is 0 Å². The Kier molecular flexibility index (Phi) is 9.67. The molecule has 0 unspecified atom stereocenters. The molecule has 0 aromatic heterocycles. The zero-order chi connectivity index (χ0) is 26.5. The second-order valence-electron chi connectivity index (χ2n) is 11.3. The molecule has 4 atom stereocenters. The summed E-state index contributed by atoms with van der Waals surface area (Å²) in [5.74, 6) is -1.08. The Labute approximate surface area is 210 Å². The van der Waals surface area contributed by atoms with E-state index in [-0.39, 0.29) is 29.3 Å². The molecule has 1 aromatic rings. The summed E-state index contributed by atoms with van der Waals surface area (Å²) in [4.78, 5) is 42.3. The Balaban J connectivity index is 2.25. The summed E-state index contributed by atoms with van der Waals surface area (Å²) in [6.45, 7) is 12.0. The van der Waals surface area contributed by atoms with E-state index < -0.39 is 23.5 Å². The van der Waals surface area contributed by atoms with Crippen molar-refractivity contribution in [3.8, 4) is 0 Å². The van der Waals surface area contributed by atoms with Crippen LogP contribution in [0, 0.1) is 11.3 Å². The maximum atomic E-state index is 13.7. The Bertz CT molecular complexity index is 920. The zero-order valence-electron chi connectivity index (χ0n) is 22.5. The van der Waals surface area contributed by atoms with Crippen LogP contribution in [0.4, 0.5) is 0 Å². The van der Waals surface area contributed by atoms with Crippen LogP contribution < -0.4 is 5.32 Å². The van der Waals surface area contributed by atoms with Gasteiger partial charge < -0.3 is 15.3 Å². The average Bonchev–Trinajstić information content (AvgIpc) is 2.79. The summed E-state index contributed by atoms with van der Waals surface area (Å²) in [6, 6.07) is 8.80. The Hall–Kier alpha value is -2.67. The van der Waals surface area contributed by atoms with Crippen molar-refractivity contribution < 1.29 is 19.5 Å². The molecule has 1 aromatic carbocycles. The summed E-state index contributed by atoms with van der Waals surface area (Å²) in [5.41, 5.74) is 0.901. The number of hydrogen-bond donors (Lipinski definition) is 2. The number of hydrogen-bond acceptors (Lipinski definition) is 4. The van der Waals surface area contributed by atoms with Gasteiger partial charge in [-0.25, -0.2) is 4.79 Å². The number of amides is 2. The number of carboxylic acid groups (broad SMARTS) is 1. The van der Waals surface area contributed by atoms with E-state index >= 15 is 0 Å². The first-order valence-electron chi connectivity index (χ1n) is 12.5. The first-order valence-corrected chi connectivity index (χ1v) is 12.5. The molecule has 1 aliphatic heterocycles. The smallest absolute Gasteiger partial charge is 0.331 e. The van der Waals surface area contributed by atoms with Gasteiger partial charge in [0.15, 0.2) is 0 Å². The number of carbonyl (C=O) groups is 3. The van der Waals surface area contributed by atoms with Gasteiger partial charge in [-0.1, -0.05) is 71.0 Å². The first-order chi connectivity index (χ1) is 16.2. The average molecular weight is 486 g/mol. The summed E-state index contributed by atoms with van der Waals surface area (Å²) in [7, 11) is 3.64. The third-order valence-corrected chi connectivity index (χ3v) is 7.08. The predicted octanol–water partition coefficient (Wildman–Crippen LogP) is 3.91. The summed E-state index contributed by atoms with van der Waals surface area (Å²) in [6.07, 6.45) is 3.30. The van der Waals surface area contributed by atoms with Crippen molar-refractivity contribution in [2.45, 2.75) is 78.4 Å². The van der Waals surface area contributed by atoms with Gasteiger partial charge >= 0.3 is 5.97 Å². The van der Waals surface area contributed by atoms with E-state index in [9.17, 15) is 19.5 Å². The highest BCUT2D eigenvalue weighted by atomic mass is 16.4. The quantitative estimate of drug-likeness (QED) is 0.545. The largest absolute Gasteiger partial charge is 0.478 e. The third kappa shape index (κ3) is 7.40. The van der Waals surface area contributed by atoms with Gasteiger partial charge in [0, 0.05) is 12.6 Å². The lowest BCUT2D eigenvalue weighted by molar-refractivity contribution is -0.141. The number of piperidine rings is 1. The van der Waals surface area contributed by atoms with Crippen LogP contribution >= 0.6 is 0 Å². The number of nitrogens with one attached hydrogen (secondary N) is 1. The molecule has 7 nitrogen and oxygen atoms in total. The Morgan fingerprint density at radius 1 is 1.17 bits per heavy atom. The van der Waals surface area contributed by atoms with Gasteiger partial charge in [0.2, 0.25) is 11.8 Å². The molecule has 2 N–H and O–H groups in total. The van der Waals surface area contributed by atoms with Crippen molar-refractivity contribution in [2.75, 3.05) is 20.6 Å². The molecule has 1 heterocycles. The number of benzene rings is 1. The fourth-order valence-electron chi connectivity index (χ4n) is 4.73. The lowest BCUT2D eigenvalue weighted by Gasteiger charge is -2.40. The van der Waals surface area contributed by atoms with Crippen molar-refractivity contribution in [3.63, 3.8) is 0 Å². The molecule has 0 radical (unpaired) electrons. The van der Waals surface area contributed by atoms with Crippen molar-refractivity contribution in [2.24, 2.45) is 11.3 Å². The van der Waals surface area contributed by atoms with Crippen molar-refractivity contribution >= 4 is 17.8 Å². The third-order valence-electron chi connectivity index (χ3n) is 7.08. The summed E-state index contributed by atoms with van der Waals surface area (Å²) >= 11 is 0. The van der Waals surface area contributed by atoms with Crippen LogP contribution in [0.2, 0.25) is 0 Å². The molecule has 1 saturated heterocycles. The Morgan fingerprint density at radius 3 is 2.29 bits per heavy atom. The van der Waals surface area contributed by atoms with Gasteiger partial charge in [0.05, 0.1) is 12.1 Å². The minimum absolute atomic E-state index is 0.00526. The second kappa shape index (κ2) is 11.8. The van der Waals surface area contributed by atoms with E-state index in [2.05, 4.69) is 22.3 Å². The number of aliphatic carboxylic acids is 1. The van der Waals surface area contributed by atoms with Crippen LogP contribution in [-0.2, 0) is 14.4 Å². The fourth-order valence-corrected chi connectivity index (χ4v) is 4.73. The van der Waals surface area contributed by atoms with E-state index in [0.717, 1.165) is 13.0 Å². The highest BCUT2D eigenvalue weighted by molar-refractivity contribution is 5.91. The molecule has 0 bridgehead atoms. The van der Waals surface area contributed by atoms with Crippen molar-refractivity contribution in [1.29, 1.82) is 0 Å². The summed E-state index contributed by atoms with van der Waals surface area (Å²) < 4.78 is 0. The highest BCUT2D eigenvalue weighted by Gasteiger charge is 2.40. The van der Waals surface area contributed by atoms with E-state index in [4.69, 9.17) is 0 Å². The number of likely N-dealkylation sites (N-methyl/N-ethyl adjacent to an activating group) is 2. The monoisotopic (exact) mass is 485 g/mol. The van der Waals surface area contributed by atoms with Gasteiger partial charge in [0.1, 0.15) is 6.04 Å². The maximum absolute atomic E-state index is 13.7. The van der Waals surface area contributed by atoms with E-state index in [1.165, 1.54) is 12.5 Å². The maximum Gasteiger partial charge on any atom is 0.331 e. The molecule has 0 aliphatic carbocycles. The number of carboxylic acids is 1. The molecule has 1 fully saturated rings. The van der Waals surface area contributed by atoms with Gasteiger partial charge in [-0.3, -0.25) is 14.5 Å². The summed E-state index contributed by atoms with van der Waals surface area (Å²) in [5, 5.41) is 12.4. The molecule has 2 amide bonds. The first kappa shape index (κ1) is 28.6. The lowest BCUT2D eigenvalue weighted by Crippen LogP contribution is -2.60. The molecule has 0 spiro atoms. The predicted molar refractivity (Wildman–Crippen MR) is 139 cm³/mol. The minimum atomic E-state index is -1.01. The van der Waals surface area contributed by atoms with Gasteiger partial charge in [0.25, 0.3) is 0 Å². The van der Waals surface area contributed by atoms with Crippen LogP contribution in [0.25, 0.3) is 0 Å². The van der Waals surface area contributed by atoms with E-state index in [0.29, 0.717) is 12.3 Å². The SMILES string of the molecule is C/C(=C\[C@H](C(C)C)N(C)C(=O)[C@@H](NC(=O)[C@@H]1C[C@H](c2ccccc2)CCN1C)C(C)(C)C)C(=O)O. The van der Waals surface area contributed by atoms with E-state index in [1.54, 1.807) is 18.0 Å². The van der Waals surface area contributed by atoms with Crippen molar-refractivity contribution in [1.82, 2.24) is 15.1 Å². The number of likely N-dealkylation sites (tertiary alicyclic amines) is 1. The topological polar surface area (TPSA) is 90.0 Å². The zero-order valence-corrected chi connectivity index (χ0v) is 22.5. The number of rotatable bonds is 8. The minimum Gasteiger partial charge on any atom is -0.478 e. The lowest BCUT2D eigenvalue weighted by atomic mass is 9.83. The number of carbonyl (C=O) groups excluding carboxylic acids is 2. The van der Waals surface area contributed by atoms with E-state index in [1.807, 2.05) is 59.9 Å². The standard InChI is InChI=1S/C28H43N3O4/c1-18(2)22(16-19(3)27(34)35)31(8)26(33)24(28(4,5)6)29-25(32)23-17-21(14-15-30(23)7)20-12-10-9-11-13-20/h9-13,16,18,21-24H,14-15,17H2,1-8H3,(H,29,32)(H,34,35)/b19-16+/t21-,22-,23+,24-/m1/s1.